The van der Waals surface area contributed by atoms with Gasteiger partial charge in [0.15, 0.2) is 0 Å². The van der Waals surface area contributed by atoms with E-state index in [-0.39, 0.29) is 11.3 Å². The van der Waals surface area contributed by atoms with Gasteiger partial charge in [0, 0.05) is 31.6 Å². The maximum Gasteiger partial charge on any atom is 0.231 e. The molecule has 0 spiro atoms. The number of nitrogens with zero attached hydrogens (tertiary/aromatic N) is 3. The van der Waals surface area contributed by atoms with Gasteiger partial charge in [-0.1, -0.05) is 55.3 Å². The second kappa shape index (κ2) is 9.82. The minimum atomic E-state index is -0.377. The number of nitrogens with one attached hydrogen (secondary N) is 1. The van der Waals surface area contributed by atoms with Gasteiger partial charge in [-0.2, -0.15) is 0 Å². The van der Waals surface area contributed by atoms with Crippen LogP contribution in [0.25, 0.3) is 6.08 Å². The molecule has 4 rings (SSSR count). The number of piperazine rings is 1. The van der Waals surface area contributed by atoms with Gasteiger partial charge >= 0.3 is 0 Å². The summed E-state index contributed by atoms with van der Waals surface area (Å²) >= 11 is 12.5. The van der Waals surface area contributed by atoms with Gasteiger partial charge in [0.05, 0.1) is 21.4 Å². The van der Waals surface area contributed by atoms with Crippen LogP contribution >= 0.6 is 23.2 Å². The number of carbonyl (C=O) groups is 1. The van der Waals surface area contributed by atoms with Crippen molar-refractivity contribution in [3.63, 3.8) is 0 Å². The number of aromatic nitrogens is 1. The van der Waals surface area contributed by atoms with E-state index in [1.165, 1.54) is 0 Å². The van der Waals surface area contributed by atoms with Crippen LogP contribution in [0.3, 0.4) is 0 Å². The highest BCUT2D eigenvalue weighted by Crippen LogP contribution is 2.33. The molecule has 2 aromatic rings. The van der Waals surface area contributed by atoms with Crippen LogP contribution in [0.1, 0.15) is 37.9 Å². The SMILES string of the molecule is CC1(C)Cc2ccc(C=CCCCN3CCN(c4cccc(Cl)c4Cl)CC3)nc2NC1=O. The van der Waals surface area contributed by atoms with Crippen LogP contribution in [0.5, 0.6) is 0 Å². The summed E-state index contributed by atoms with van der Waals surface area (Å²) in [6.45, 7) is 8.96. The van der Waals surface area contributed by atoms with Gasteiger partial charge in [-0.25, -0.2) is 4.98 Å². The van der Waals surface area contributed by atoms with E-state index in [4.69, 9.17) is 23.2 Å². The van der Waals surface area contributed by atoms with Crippen molar-refractivity contribution in [2.45, 2.75) is 33.1 Å². The summed E-state index contributed by atoms with van der Waals surface area (Å²) in [4.78, 5) is 21.6. The summed E-state index contributed by atoms with van der Waals surface area (Å²) in [5.41, 5.74) is 2.64. The number of fused-ring (bicyclic) bond motifs is 1. The molecule has 0 unspecified atom stereocenters. The van der Waals surface area contributed by atoms with E-state index in [1.54, 1.807) is 0 Å². The van der Waals surface area contributed by atoms with Gasteiger partial charge in [0.2, 0.25) is 5.91 Å². The van der Waals surface area contributed by atoms with E-state index < -0.39 is 0 Å². The highest BCUT2D eigenvalue weighted by molar-refractivity contribution is 6.43. The quantitative estimate of drug-likeness (QED) is 0.561. The molecule has 2 aliphatic heterocycles. The van der Waals surface area contributed by atoms with E-state index >= 15 is 0 Å². The molecular formula is C25H30Cl2N4O. The highest BCUT2D eigenvalue weighted by Gasteiger charge is 2.34. The van der Waals surface area contributed by atoms with Crippen molar-refractivity contribution >= 4 is 46.7 Å². The molecule has 170 valence electrons. The van der Waals surface area contributed by atoms with Crippen LogP contribution in [-0.2, 0) is 11.2 Å². The van der Waals surface area contributed by atoms with E-state index in [0.717, 1.165) is 68.9 Å². The molecule has 5 nitrogen and oxygen atoms in total. The van der Waals surface area contributed by atoms with Crippen LogP contribution in [0.15, 0.2) is 36.4 Å². The van der Waals surface area contributed by atoms with Crippen molar-refractivity contribution in [1.82, 2.24) is 9.88 Å². The van der Waals surface area contributed by atoms with Crippen LogP contribution < -0.4 is 10.2 Å². The van der Waals surface area contributed by atoms with Crippen LogP contribution in [0.2, 0.25) is 10.0 Å². The van der Waals surface area contributed by atoms with Crippen molar-refractivity contribution < 1.29 is 4.79 Å². The Morgan fingerprint density at radius 1 is 1.12 bits per heavy atom. The number of amides is 1. The summed E-state index contributed by atoms with van der Waals surface area (Å²) < 4.78 is 0. The molecular weight excluding hydrogens is 443 g/mol. The number of hydrogen-bond donors (Lipinski definition) is 1. The van der Waals surface area contributed by atoms with Crippen molar-refractivity contribution in [3.05, 3.63) is 57.7 Å². The van der Waals surface area contributed by atoms with Gasteiger partial charge in [-0.05, 0) is 55.6 Å². The molecule has 0 radical (unpaired) electrons. The van der Waals surface area contributed by atoms with Gasteiger partial charge in [-0.15, -0.1) is 0 Å². The number of carbonyl (C=O) groups excluding carboxylic acids is 1. The number of halogens is 2. The third kappa shape index (κ3) is 5.28. The molecule has 1 aromatic heterocycles. The Bertz CT molecular complexity index is 1010. The Morgan fingerprint density at radius 3 is 2.69 bits per heavy atom. The van der Waals surface area contributed by atoms with Crippen LogP contribution in [0, 0.1) is 5.41 Å². The van der Waals surface area contributed by atoms with Gasteiger partial charge < -0.3 is 10.2 Å². The summed E-state index contributed by atoms with van der Waals surface area (Å²) in [5, 5.41) is 4.20. The average Bonchev–Trinajstić information content (AvgIpc) is 2.77. The average molecular weight is 473 g/mol. The number of rotatable bonds is 6. The third-order valence-electron chi connectivity index (χ3n) is 6.26. The first-order chi connectivity index (χ1) is 15.3. The number of allylic oxidation sites excluding steroid dienone is 1. The number of benzene rings is 1. The fourth-order valence-electron chi connectivity index (χ4n) is 4.27. The summed E-state index contributed by atoms with van der Waals surface area (Å²) in [5.74, 6) is 0.741. The summed E-state index contributed by atoms with van der Waals surface area (Å²) in [6.07, 6.45) is 7.04. The molecule has 3 heterocycles. The molecule has 1 amide bonds. The first-order valence-electron chi connectivity index (χ1n) is 11.2. The van der Waals surface area contributed by atoms with Crippen LogP contribution in [0.4, 0.5) is 11.5 Å². The molecule has 0 bridgehead atoms. The molecule has 1 aromatic carbocycles. The lowest BCUT2D eigenvalue weighted by Crippen LogP contribution is -2.46. The van der Waals surface area contributed by atoms with Crippen molar-refractivity contribution in [3.8, 4) is 0 Å². The number of unbranched alkanes of at least 4 members (excludes halogenated alkanes) is 1. The van der Waals surface area contributed by atoms with Gasteiger partial charge in [0.25, 0.3) is 0 Å². The fraction of sp³-hybridized carbons (Fsp3) is 0.440. The fourth-order valence-corrected chi connectivity index (χ4v) is 4.68. The lowest BCUT2D eigenvalue weighted by Gasteiger charge is -2.36. The van der Waals surface area contributed by atoms with Gasteiger partial charge in [0.1, 0.15) is 5.82 Å². The predicted molar refractivity (Wildman–Crippen MR) is 134 cm³/mol. The lowest BCUT2D eigenvalue weighted by atomic mass is 9.82. The normalized spacial score (nSPS) is 18.6. The van der Waals surface area contributed by atoms with Gasteiger partial charge in [-0.3, -0.25) is 9.69 Å². The van der Waals surface area contributed by atoms with Crippen molar-refractivity contribution in [2.75, 3.05) is 42.9 Å². The molecule has 0 aliphatic carbocycles. The van der Waals surface area contributed by atoms with E-state index in [1.807, 2.05) is 44.2 Å². The second-order valence-corrected chi connectivity index (χ2v) is 9.99. The zero-order valence-corrected chi connectivity index (χ0v) is 20.2. The maximum absolute atomic E-state index is 12.2. The Labute approximate surface area is 200 Å². The number of hydrogen-bond acceptors (Lipinski definition) is 4. The van der Waals surface area contributed by atoms with Crippen molar-refractivity contribution in [2.24, 2.45) is 5.41 Å². The van der Waals surface area contributed by atoms with Crippen molar-refractivity contribution in [1.29, 1.82) is 0 Å². The first kappa shape index (κ1) is 23.1. The zero-order chi connectivity index (χ0) is 22.7. The summed E-state index contributed by atoms with van der Waals surface area (Å²) in [6, 6.07) is 9.93. The maximum atomic E-state index is 12.2. The monoisotopic (exact) mass is 472 g/mol. The Morgan fingerprint density at radius 2 is 1.91 bits per heavy atom. The Hall–Kier alpha value is -2.08. The Kier molecular flexibility index (Phi) is 7.08. The van der Waals surface area contributed by atoms with E-state index in [9.17, 15) is 4.79 Å². The van der Waals surface area contributed by atoms with Crippen LogP contribution in [-0.4, -0.2) is 48.5 Å². The molecule has 1 saturated heterocycles. The summed E-state index contributed by atoms with van der Waals surface area (Å²) in [7, 11) is 0. The Balaban J connectivity index is 1.21. The molecule has 7 heteroatoms. The lowest BCUT2D eigenvalue weighted by molar-refractivity contribution is -0.124. The smallest absolute Gasteiger partial charge is 0.231 e. The zero-order valence-electron chi connectivity index (χ0n) is 18.7. The minimum absolute atomic E-state index is 0.0383. The molecule has 1 fully saturated rings. The first-order valence-corrected chi connectivity index (χ1v) is 12.0. The molecule has 1 N–H and O–H groups in total. The number of anilines is 2. The topological polar surface area (TPSA) is 48.5 Å². The molecule has 32 heavy (non-hydrogen) atoms. The number of pyridine rings is 1. The predicted octanol–water partition coefficient (Wildman–Crippen LogP) is 5.52. The third-order valence-corrected chi connectivity index (χ3v) is 7.07. The molecule has 0 saturated carbocycles. The molecule has 2 aliphatic rings. The van der Waals surface area contributed by atoms with E-state index in [2.05, 4.69) is 32.2 Å². The minimum Gasteiger partial charge on any atom is -0.368 e. The second-order valence-electron chi connectivity index (χ2n) is 9.20. The molecule has 0 atom stereocenters. The standard InChI is InChI=1S/C25H30Cl2N4O/c1-25(2)17-18-10-11-19(28-23(18)29-24(25)32)7-4-3-5-12-30-13-15-31(16-14-30)21-9-6-8-20(26)22(21)27/h4,6-11H,3,5,12-17H2,1-2H3,(H,28,29,32). The van der Waals surface area contributed by atoms with E-state index in [0.29, 0.717) is 15.9 Å². The largest absolute Gasteiger partial charge is 0.368 e. The highest BCUT2D eigenvalue weighted by atomic mass is 35.5.